The Morgan fingerprint density at radius 3 is 2.56 bits per heavy atom. The van der Waals surface area contributed by atoms with Crippen molar-refractivity contribution < 1.29 is 19.4 Å². The number of para-hydroxylation sites is 2. The number of ether oxygens (including phenoxy) is 1. The second-order valence-corrected chi connectivity index (χ2v) is 3.28. The van der Waals surface area contributed by atoms with Gasteiger partial charge in [-0.2, -0.15) is 0 Å². The summed E-state index contributed by atoms with van der Waals surface area (Å²) in [5, 5.41) is 11.3. The number of hydrogen-bond donors (Lipinski definition) is 2. The average Bonchev–Trinajstić information content (AvgIpc) is 2.20. The van der Waals surface area contributed by atoms with E-state index < -0.39 is 12.1 Å². The number of nitrogens with one attached hydrogen (secondary N) is 1. The van der Waals surface area contributed by atoms with Crippen LogP contribution in [0.15, 0.2) is 24.3 Å². The Hall–Kier alpha value is -2.04. The number of benzene rings is 1. The molecule has 0 saturated heterocycles. The van der Waals surface area contributed by atoms with Crippen molar-refractivity contribution in [1.29, 1.82) is 0 Å². The van der Waals surface area contributed by atoms with Gasteiger partial charge in [0, 0.05) is 6.92 Å². The van der Waals surface area contributed by atoms with E-state index >= 15 is 0 Å². The van der Waals surface area contributed by atoms with Crippen LogP contribution >= 0.6 is 0 Å². The summed E-state index contributed by atoms with van der Waals surface area (Å²) in [6.45, 7) is 2.80. The van der Waals surface area contributed by atoms with Crippen molar-refractivity contribution >= 4 is 17.6 Å². The molecule has 0 aliphatic rings. The number of anilines is 1. The number of aliphatic carboxylic acids is 1. The zero-order valence-corrected chi connectivity index (χ0v) is 9.06. The molecule has 0 aliphatic heterocycles. The van der Waals surface area contributed by atoms with Gasteiger partial charge >= 0.3 is 5.97 Å². The largest absolute Gasteiger partial charge is 0.479 e. The Morgan fingerprint density at radius 1 is 1.38 bits per heavy atom. The van der Waals surface area contributed by atoms with Gasteiger partial charge in [-0.25, -0.2) is 4.79 Å². The average molecular weight is 223 g/mol. The molecule has 0 radical (unpaired) electrons. The summed E-state index contributed by atoms with van der Waals surface area (Å²) >= 11 is 0. The maximum atomic E-state index is 10.9. The Labute approximate surface area is 93.0 Å². The van der Waals surface area contributed by atoms with Crippen molar-refractivity contribution in [2.24, 2.45) is 0 Å². The monoisotopic (exact) mass is 223 g/mol. The Kier molecular flexibility index (Phi) is 3.88. The topological polar surface area (TPSA) is 75.6 Å². The van der Waals surface area contributed by atoms with Crippen LogP contribution in [0, 0.1) is 0 Å². The molecule has 1 aromatic carbocycles. The predicted octanol–water partition coefficient (Wildman–Crippen LogP) is 1.50. The molecule has 1 aromatic rings. The minimum atomic E-state index is -1.06. The summed E-state index contributed by atoms with van der Waals surface area (Å²) in [7, 11) is 0. The molecule has 5 nitrogen and oxygen atoms in total. The summed E-state index contributed by atoms with van der Waals surface area (Å²) in [5.74, 6) is -0.954. The summed E-state index contributed by atoms with van der Waals surface area (Å²) < 4.78 is 5.19. The highest BCUT2D eigenvalue weighted by Crippen LogP contribution is 2.24. The van der Waals surface area contributed by atoms with Gasteiger partial charge in [0.1, 0.15) is 5.75 Å². The van der Waals surface area contributed by atoms with Crippen LogP contribution < -0.4 is 10.1 Å². The minimum absolute atomic E-state index is 0.237. The zero-order valence-electron chi connectivity index (χ0n) is 9.06. The minimum Gasteiger partial charge on any atom is -0.479 e. The van der Waals surface area contributed by atoms with Crippen LogP contribution in [0.4, 0.5) is 5.69 Å². The van der Waals surface area contributed by atoms with Crippen molar-refractivity contribution in [2.75, 3.05) is 5.32 Å². The second kappa shape index (κ2) is 5.16. The molecule has 1 rings (SSSR count). The van der Waals surface area contributed by atoms with Gasteiger partial charge in [-0.15, -0.1) is 0 Å². The van der Waals surface area contributed by atoms with Crippen molar-refractivity contribution in [3.63, 3.8) is 0 Å². The third-order valence-corrected chi connectivity index (χ3v) is 1.85. The van der Waals surface area contributed by atoms with Gasteiger partial charge in [-0.05, 0) is 19.1 Å². The molecule has 0 saturated carbocycles. The van der Waals surface area contributed by atoms with Crippen LogP contribution in [0.1, 0.15) is 13.8 Å². The summed E-state index contributed by atoms with van der Waals surface area (Å²) in [6.07, 6.45) is -0.963. The lowest BCUT2D eigenvalue weighted by Crippen LogP contribution is -2.23. The first-order chi connectivity index (χ1) is 7.50. The molecule has 0 bridgehead atoms. The molecule has 5 heteroatoms. The third kappa shape index (κ3) is 3.27. The van der Waals surface area contributed by atoms with E-state index in [0.29, 0.717) is 11.4 Å². The fourth-order valence-electron chi connectivity index (χ4n) is 1.10. The molecule has 0 fully saturated rings. The van der Waals surface area contributed by atoms with Crippen LogP contribution in [-0.4, -0.2) is 23.1 Å². The van der Waals surface area contributed by atoms with Crippen molar-refractivity contribution in [1.82, 2.24) is 0 Å². The molecule has 0 heterocycles. The number of carboxylic acids is 1. The lowest BCUT2D eigenvalue weighted by Gasteiger charge is -2.14. The van der Waals surface area contributed by atoms with E-state index in [1.165, 1.54) is 13.8 Å². The van der Waals surface area contributed by atoms with Crippen LogP contribution in [0.2, 0.25) is 0 Å². The lowest BCUT2D eigenvalue weighted by atomic mass is 10.3. The van der Waals surface area contributed by atoms with Gasteiger partial charge in [0.25, 0.3) is 0 Å². The molecule has 16 heavy (non-hydrogen) atoms. The van der Waals surface area contributed by atoms with Gasteiger partial charge in [-0.1, -0.05) is 12.1 Å². The number of rotatable bonds is 4. The van der Waals surface area contributed by atoms with Gasteiger partial charge in [0.2, 0.25) is 5.91 Å². The first-order valence-corrected chi connectivity index (χ1v) is 4.77. The SMILES string of the molecule is CC(=O)Nc1ccccc1OC(C)C(=O)O. The van der Waals surface area contributed by atoms with Crippen LogP contribution in [0.3, 0.4) is 0 Å². The highest BCUT2D eigenvalue weighted by Gasteiger charge is 2.14. The maximum Gasteiger partial charge on any atom is 0.344 e. The predicted molar refractivity (Wildman–Crippen MR) is 58.5 cm³/mol. The number of carbonyl (C=O) groups is 2. The number of hydrogen-bond acceptors (Lipinski definition) is 3. The smallest absolute Gasteiger partial charge is 0.344 e. The lowest BCUT2D eigenvalue weighted by molar-refractivity contribution is -0.144. The number of carboxylic acid groups (broad SMARTS) is 1. The first-order valence-electron chi connectivity index (χ1n) is 4.77. The van der Waals surface area contributed by atoms with Crippen molar-refractivity contribution in [2.45, 2.75) is 20.0 Å². The zero-order chi connectivity index (χ0) is 12.1. The molecule has 0 aromatic heterocycles. The molecule has 1 unspecified atom stereocenters. The molecule has 0 aliphatic carbocycles. The van der Waals surface area contributed by atoms with E-state index in [9.17, 15) is 9.59 Å². The highest BCUT2D eigenvalue weighted by molar-refractivity contribution is 5.90. The van der Waals surface area contributed by atoms with E-state index in [4.69, 9.17) is 9.84 Å². The van der Waals surface area contributed by atoms with E-state index in [1.54, 1.807) is 24.3 Å². The van der Waals surface area contributed by atoms with Crippen LogP contribution in [-0.2, 0) is 9.59 Å². The molecule has 1 amide bonds. The standard InChI is InChI=1S/C11H13NO4/c1-7(11(14)15)16-10-6-4-3-5-9(10)12-8(2)13/h3-7H,1-2H3,(H,12,13)(H,14,15). The van der Waals surface area contributed by atoms with Gasteiger partial charge in [-0.3, -0.25) is 4.79 Å². The Balaban J connectivity index is 2.86. The molecule has 2 N–H and O–H groups in total. The molecule has 1 atom stereocenters. The fourth-order valence-corrected chi connectivity index (χ4v) is 1.10. The van der Waals surface area contributed by atoms with Gasteiger partial charge in [0.05, 0.1) is 5.69 Å². The Morgan fingerprint density at radius 2 is 2.00 bits per heavy atom. The van der Waals surface area contributed by atoms with Crippen molar-refractivity contribution in [3.05, 3.63) is 24.3 Å². The summed E-state index contributed by atoms with van der Waals surface area (Å²) in [5.41, 5.74) is 0.461. The number of amides is 1. The van der Waals surface area contributed by atoms with Crippen molar-refractivity contribution in [3.8, 4) is 5.75 Å². The summed E-state index contributed by atoms with van der Waals surface area (Å²) in [4.78, 5) is 21.5. The normalized spacial score (nSPS) is 11.6. The van der Waals surface area contributed by atoms with Gasteiger partial charge < -0.3 is 15.2 Å². The van der Waals surface area contributed by atoms with Crippen LogP contribution in [0.5, 0.6) is 5.75 Å². The molecular formula is C11H13NO4. The number of carbonyl (C=O) groups excluding carboxylic acids is 1. The third-order valence-electron chi connectivity index (χ3n) is 1.85. The summed E-state index contributed by atoms with van der Waals surface area (Å²) in [6, 6.07) is 6.68. The highest BCUT2D eigenvalue weighted by atomic mass is 16.5. The van der Waals surface area contributed by atoms with E-state index in [2.05, 4.69) is 5.32 Å². The van der Waals surface area contributed by atoms with E-state index in [0.717, 1.165) is 0 Å². The van der Waals surface area contributed by atoms with E-state index in [1.807, 2.05) is 0 Å². The first kappa shape index (κ1) is 12.0. The maximum absolute atomic E-state index is 10.9. The van der Waals surface area contributed by atoms with E-state index in [-0.39, 0.29) is 5.91 Å². The second-order valence-electron chi connectivity index (χ2n) is 3.28. The molecule has 86 valence electrons. The Bertz CT molecular complexity index is 403. The molecule has 0 spiro atoms. The fraction of sp³-hybridized carbons (Fsp3) is 0.273. The van der Waals surface area contributed by atoms with Gasteiger partial charge in [0.15, 0.2) is 6.10 Å². The molecular weight excluding hydrogens is 210 g/mol. The van der Waals surface area contributed by atoms with Crippen LogP contribution in [0.25, 0.3) is 0 Å². The quantitative estimate of drug-likeness (QED) is 0.811.